The highest BCUT2D eigenvalue weighted by Crippen LogP contribution is 2.46. The van der Waals surface area contributed by atoms with E-state index in [4.69, 9.17) is 23.9 Å². The molecule has 0 unspecified atom stereocenters. The molecule has 34 heavy (non-hydrogen) atoms. The van der Waals surface area contributed by atoms with Crippen molar-refractivity contribution >= 4 is 33.9 Å². The molecule has 0 radical (unpaired) electrons. The van der Waals surface area contributed by atoms with Crippen LogP contribution in [-0.2, 0) is 4.79 Å². The summed E-state index contributed by atoms with van der Waals surface area (Å²) in [5, 5.41) is 1.94. The van der Waals surface area contributed by atoms with Crippen LogP contribution in [0.2, 0.25) is 0 Å². The number of aliphatic imine (C=N–C) groups is 1. The number of carbonyl (C=O) groups excluding carboxylic acids is 1. The summed E-state index contributed by atoms with van der Waals surface area (Å²) in [6.45, 7) is 0. The molecule has 0 fully saturated rings. The molecule has 2 heterocycles. The maximum Gasteiger partial charge on any atom is 0.349 e. The van der Waals surface area contributed by atoms with Crippen molar-refractivity contribution in [3.63, 3.8) is 0 Å². The Balaban J connectivity index is 1.70. The molecule has 0 bridgehead atoms. The van der Waals surface area contributed by atoms with Gasteiger partial charge >= 0.3 is 5.97 Å². The molecule has 0 N–H and O–H groups in total. The first-order valence-corrected chi connectivity index (χ1v) is 10.7. The van der Waals surface area contributed by atoms with Crippen molar-refractivity contribution in [3.8, 4) is 23.0 Å². The van der Waals surface area contributed by atoms with Crippen LogP contribution in [0.15, 0.2) is 89.4 Å². The third kappa shape index (κ3) is 3.03. The largest absolute Gasteiger partial charge is 0.493 e. The van der Waals surface area contributed by atoms with Gasteiger partial charge in [0.05, 0.1) is 14.2 Å². The average molecular weight is 449 g/mol. The number of benzene rings is 4. The second-order valence-electron chi connectivity index (χ2n) is 7.86. The molecule has 4 aromatic carbocycles. The Morgan fingerprint density at radius 2 is 1.56 bits per heavy atom. The summed E-state index contributed by atoms with van der Waals surface area (Å²) < 4.78 is 23.0. The molecule has 0 saturated carbocycles. The number of hydrogen-bond acceptors (Lipinski definition) is 6. The van der Waals surface area contributed by atoms with Crippen molar-refractivity contribution in [1.82, 2.24) is 0 Å². The molecule has 2 aliphatic heterocycles. The minimum Gasteiger partial charge on any atom is -0.493 e. The van der Waals surface area contributed by atoms with Gasteiger partial charge < -0.3 is 18.9 Å². The van der Waals surface area contributed by atoms with Gasteiger partial charge in [0.2, 0.25) is 5.90 Å². The Bertz CT molecular complexity index is 1550. The molecule has 6 heteroatoms. The fourth-order valence-electron chi connectivity index (χ4n) is 4.39. The number of para-hydroxylation sites is 2. The molecular weight excluding hydrogens is 430 g/mol. The van der Waals surface area contributed by atoms with E-state index in [1.54, 1.807) is 32.4 Å². The quantitative estimate of drug-likeness (QED) is 0.296. The average Bonchev–Trinajstić information content (AvgIpc) is 3.02. The van der Waals surface area contributed by atoms with Crippen LogP contribution in [0.25, 0.3) is 16.3 Å². The first-order valence-electron chi connectivity index (χ1n) is 10.7. The number of hydrogen-bond donors (Lipinski definition) is 0. The lowest BCUT2D eigenvalue weighted by atomic mass is 9.88. The standard InChI is InChI=1S/C28H19NO5/c1-31-22-14-12-17(15-23(22)32-2)24-19-13-11-16-7-3-4-8-18(16)26(19)34-27-25(24)28(30)33-21-10-6-5-9-20(21)29-27/h3-15H,1-2H3. The summed E-state index contributed by atoms with van der Waals surface area (Å²) in [4.78, 5) is 18.2. The monoisotopic (exact) mass is 449 g/mol. The van der Waals surface area contributed by atoms with Gasteiger partial charge in [-0.3, -0.25) is 0 Å². The van der Waals surface area contributed by atoms with Crippen LogP contribution >= 0.6 is 0 Å². The van der Waals surface area contributed by atoms with E-state index in [1.807, 2.05) is 60.7 Å². The van der Waals surface area contributed by atoms with Crippen LogP contribution < -0.4 is 18.9 Å². The Morgan fingerprint density at radius 3 is 2.41 bits per heavy atom. The number of ether oxygens (including phenoxy) is 4. The number of carbonyl (C=O) groups is 1. The summed E-state index contributed by atoms with van der Waals surface area (Å²) in [7, 11) is 3.16. The highest BCUT2D eigenvalue weighted by molar-refractivity contribution is 6.28. The minimum absolute atomic E-state index is 0.198. The van der Waals surface area contributed by atoms with Crippen LogP contribution in [0, 0.1) is 0 Å². The van der Waals surface area contributed by atoms with Gasteiger partial charge in [-0.25, -0.2) is 9.79 Å². The SMILES string of the molecule is COc1ccc(C2=C3C(=O)Oc4ccccc4N=C3Oc3c2ccc2ccccc32)cc1OC. The lowest BCUT2D eigenvalue weighted by Crippen LogP contribution is -2.26. The maximum atomic E-state index is 13.4. The van der Waals surface area contributed by atoms with E-state index in [-0.39, 0.29) is 11.5 Å². The van der Waals surface area contributed by atoms with E-state index in [2.05, 4.69) is 0 Å². The Morgan fingerprint density at radius 1 is 0.765 bits per heavy atom. The van der Waals surface area contributed by atoms with Gasteiger partial charge in [0, 0.05) is 16.5 Å². The smallest absolute Gasteiger partial charge is 0.349 e. The van der Waals surface area contributed by atoms with Gasteiger partial charge in [0.25, 0.3) is 0 Å². The Labute approximate surface area is 195 Å². The number of esters is 1. The van der Waals surface area contributed by atoms with E-state index in [0.717, 1.165) is 21.9 Å². The molecule has 0 aliphatic carbocycles. The summed E-state index contributed by atoms with van der Waals surface area (Å²) in [5.74, 6) is 1.82. The summed E-state index contributed by atoms with van der Waals surface area (Å²) in [5.41, 5.74) is 2.96. The molecule has 2 aliphatic rings. The van der Waals surface area contributed by atoms with E-state index in [1.165, 1.54) is 0 Å². The first-order chi connectivity index (χ1) is 16.7. The summed E-state index contributed by atoms with van der Waals surface area (Å²) in [6.07, 6.45) is 0. The Hall–Kier alpha value is -4.58. The third-order valence-corrected chi connectivity index (χ3v) is 5.98. The van der Waals surface area contributed by atoms with Gasteiger partial charge in [0.1, 0.15) is 17.0 Å². The Kier molecular flexibility index (Phi) is 4.59. The maximum absolute atomic E-state index is 13.4. The van der Waals surface area contributed by atoms with E-state index in [9.17, 15) is 4.79 Å². The predicted molar refractivity (Wildman–Crippen MR) is 129 cm³/mol. The number of fused-ring (bicyclic) bond motifs is 5. The normalized spacial score (nSPS) is 14.2. The van der Waals surface area contributed by atoms with Crippen molar-refractivity contribution in [1.29, 1.82) is 0 Å². The van der Waals surface area contributed by atoms with Gasteiger partial charge in [-0.1, -0.05) is 48.5 Å². The molecule has 6 nitrogen and oxygen atoms in total. The van der Waals surface area contributed by atoms with Gasteiger partial charge in [-0.05, 0) is 41.3 Å². The number of rotatable bonds is 3. The topological polar surface area (TPSA) is 66.4 Å². The van der Waals surface area contributed by atoms with Crippen molar-refractivity contribution in [2.24, 2.45) is 4.99 Å². The lowest BCUT2D eigenvalue weighted by Gasteiger charge is -2.25. The fourth-order valence-corrected chi connectivity index (χ4v) is 4.39. The molecule has 6 rings (SSSR count). The molecule has 0 saturated heterocycles. The second-order valence-corrected chi connectivity index (χ2v) is 7.86. The zero-order valence-corrected chi connectivity index (χ0v) is 18.5. The zero-order chi connectivity index (χ0) is 23.2. The summed E-state index contributed by atoms with van der Waals surface area (Å²) >= 11 is 0. The molecule has 0 aromatic heterocycles. The molecule has 0 amide bonds. The minimum atomic E-state index is -0.535. The molecule has 0 atom stereocenters. The van der Waals surface area contributed by atoms with Gasteiger partial charge in [0.15, 0.2) is 17.2 Å². The number of nitrogens with zero attached hydrogens (tertiary/aromatic N) is 1. The predicted octanol–water partition coefficient (Wildman–Crippen LogP) is 5.70. The van der Waals surface area contributed by atoms with Crippen molar-refractivity contribution in [3.05, 3.63) is 95.6 Å². The molecule has 166 valence electrons. The van der Waals surface area contributed by atoms with Gasteiger partial charge in [-0.2, -0.15) is 0 Å². The van der Waals surface area contributed by atoms with Crippen molar-refractivity contribution < 1.29 is 23.7 Å². The molecule has 0 spiro atoms. The van der Waals surface area contributed by atoms with Crippen LogP contribution in [0.5, 0.6) is 23.0 Å². The van der Waals surface area contributed by atoms with E-state index in [0.29, 0.717) is 34.3 Å². The van der Waals surface area contributed by atoms with Crippen LogP contribution in [0.1, 0.15) is 11.1 Å². The molecule has 4 aromatic rings. The van der Waals surface area contributed by atoms with E-state index >= 15 is 0 Å². The fraction of sp³-hybridized carbons (Fsp3) is 0.0714. The van der Waals surface area contributed by atoms with E-state index < -0.39 is 5.97 Å². The highest BCUT2D eigenvalue weighted by atomic mass is 16.5. The van der Waals surface area contributed by atoms with Crippen LogP contribution in [0.4, 0.5) is 5.69 Å². The van der Waals surface area contributed by atoms with Crippen molar-refractivity contribution in [2.45, 2.75) is 0 Å². The third-order valence-electron chi connectivity index (χ3n) is 5.98. The van der Waals surface area contributed by atoms with Crippen molar-refractivity contribution in [2.75, 3.05) is 14.2 Å². The van der Waals surface area contributed by atoms with Crippen LogP contribution in [0.3, 0.4) is 0 Å². The highest BCUT2D eigenvalue weighted by Gasteiger charge is 2.36. The van der Waals surface area contributed by atoms with Crippen LogP contribution in [-0.4, -0.2) is 26.1 Å². The summed E-state index contributed by atoms with van der Waals surface area (Å²) in [6, 6.07) is 24.6. The number of methoxy groups -OCH3 is 2. The second kappa shape index (κ2) is 7.78. The first kappa shape index (κ1) is 20.1. The van der Waals surface area contributed by atoms with Gasteiger partial charge in [-0.15, -0.1) is 0 Å². The molecular formula is C28H19NO5. The lowest BCUT2D eigenvalue weighted by molar-refractivity contribution is -0.129. The zero-order valence-electron chi connectivity index (χ0n) is 18.5.